The number of carbonyl (C=O) groups is 1. The number of rotatable bonds is 7. The van der Waals surface area contributed by atoms with Crippen LogP contribution >= 0.6 is 12.0 Å². The van der Waals surface area contributed by atoms with Crippen LogP contribution in [0.3, 0.4) is 0 Å². The molecule has 4 nitrogen and oxygen atoms in total. The Bertz CT molecular complexity index is 734. The molecule has 5 heteroatoms. The molecular weight excluding hydrogens is 322 g/mol. The smallest absolute Gasteiger partial charge is 0.249 e. The van der Waals surface area contributed by atoms with Crippen LogP contribution in [0.5, 0.6) is 0 Å². The first kappa shape index (κ1) is 17.9. The number of nitrogens with two attached hydrogens (primary N) is 1. The van der Waals surface area contributed by atoms with E-state index in [4.69, 9.17) is 14.7 Å². The first-order chi connectivity index (χ1) is 11.4. The Morgan fingerprint density at radius 2 is 2.17 bits per heavy atom. The summed E-state index contributed by atoms with van der Waals surface area (Å²) in [5, 5.41) is 0. The van der Waals surface area contributed by atoms with Gasteiger partial charge in [0.05, 0.1) is 17.8 Å². The molecule has 0 saturated carbocycles. The van der Waals surface area contributed by atoms with Gasteiger partial charge >= 0.3 is 0 Å². The highest BCUT2D eigenvalue weighted by Gasteiger charge is 2.37. The molecule has 0 radical (unpaired) electrons. The van der Waals surface area contributed by atoms with Gasteiger partial charge in [0.25, 0.3) is 0 Å². The molecule has 0 fully saturated rings. The van der Waals surface area contributed by atoms with Crippen molar-refractivity contribution in [3.63, 3.8) is 0 Å². The fourth-order valence-electron chi connectivity index (χ4n) is 2.10. The minimum absolute atomic E-state index is 0.00776. The van der Waals surface area contributed by atoms with Crippen LogP contribution < -0.4 is 5.73 Å². The number of ether oxygens (including phenoxy) is 1. The van der Waals surface area contributed by atoms with Crippen molar-refractivity contribution in [2.45, 2.75) is 25.7 Å². The summed E-state index contributed by atoms with van der Waals surface area (Å²) < 4.78 is 10.9. The van der Waals surface area contributed by atoms with Crippen LogP contribution in [0.4, 0.5) is 0 Å². The third-order valence-corrected chi connectivity index (χ3v) is 4.04. The Kier molecular flexibility index (Phi) is 5.93. The monoisotopic (exact) mass is 343 g/mol. The van der Waals surface area contributed by atoms with Crippen LogP contribution in [0.15, 0.2) is 72.4 Å². The zero-order chi connectivity index (χ0) is 17.7. The summed E-state index contributed by atoms with van der Waals surface area (Å²) in [6, 6.07) is 8.07. The van der Waals surface area contributed by atoms with Gasteiger partial charge in [-0.05, 0) is 25.0 Å². The average molecular weight is 343 g/mol. The minimum atomic E-state index is -0.838. The summed E-state index contributed by atoms with van der Waals surface area (Å²) in [5.74, 6) is 0.321. The van der Waals surface area contributed by atoms with E-state index in [-0.39, 0.29) is 17.4 Å². The third kappa shape index (κ3) is 4.55. The fourth-order valence-corrected chi connectivity index (χ4v) is 2.75. The van der Waals surface area contributed by atoms with Gasteiger partial charge in [-0.25, -0.2) is 0 Å². The molecule has 0 bridgehead atoms. The number of benzene rings is 1. The predicted octanol–water partition coefficient (Wildman–Crippen LogP) is 3.94. The number of aryl methyl sites for hydroxylation is 1. The quantitative estimate of drug-likeness (QED) is 0.600. The molecule has 1 unspecified atom stereocenters. The van der Waals surface area contributed by atoms with Crippen LogP contribution in [0.1, 0.15) is 18.1 Å². The summed E-state index contributed by atoms with van der Waals surface area (Å²) in [4.78, 5) is 12.4. The maximum atomic E-state index is 12.4. The zero-order valence-electron chi connectivity index (χ0n) is 13.9. The molecule has 0 saturated heterocycles. The Labute approximate surface area is 146 Å². The lowest BCUT2D eigenvalue weighted by molar-refractivity contribution is -0.121. The lowest BCUT2D eigenvalue weighted by Gasteiger charge is -2.09. The van der Waals surface area contributed by atoms with Gasteiger partial charge in [0, 0.05) is 0 Å². The number of carbonyl (C=O) groups excluding carboxylic acids is 1. The SMILES string of the molecule is C=C(C)/C=C\C(=C)C1OC(N)=C(OSCc2cccc(C)c2)C1=O. The van der Waals surface area contributed by atoms with E-state index in [2.05, 4.69) is 19.2 Å². The summed E-state index contributed by atoms with van der Waals surface area (Å²) in [6.07, 6.45) is 2.62. The van der Waals surface area contributed by atoms with Crippen LogP contribution in [0, 0.1) is 6.92 Å². The second-order valence-corrected chi connectivity index (χ2v) is 6.34. The largest absolute Gasteiger partial charge is 0.460 e. The first-order valence-corrected chi connectivity index (χ1v) is 8.37. The van der Waals surface area contributed by atoms with E-state index >= 15 is 0 Å². The van der Waals surface area contributed by atoms with Gasteiger partial charge in [-0.15, -0.1) is 0 Å². The second kappa shape index (κ2) is 7.93. The summed E-state index contributed by atoms with van der Waals surface area (Å²) in [5.41, 5.74) is 9.42. The van der Waals surface area contributed by atoms with Gasteiger partial charge in [-0.1, -0.05) is 60.7 Å². The minimum Gasteiger partial charge on any atom is -0.460 e. The lowest BCUT2D eigenvalue weighted by Crippen LogP contribution is -2.20. The Balaban J connectivity index is 1.93. The molecular formula is C19H21NO3S. The number of Topliss-reactive ketones (excluding diaryl/α,β-unsaturated/α-hetero) is 1. The Morgan fingerprint density at radius 3 is 2.83 bits per heavy atom. The number of hydrogen-bond acceptors (Lipinski definition) is 5. The molecule has 1 aromatic rings. The molecule has 2 rings (SSSR count). The molecule has 0 aromatic heterocycles. The van der Waals surface area contributed by atoms with E-state index in [9.17, 15) is 4.79 Å². The molecule has 126 valence electrons. The number of ketones is 1. The topological polar surface area (TPSA) is 61.6 Å². The van der Waals surface area contributed by atoms with Gasteiger partial charge in [0.15, 0.2) is 6.10 Å². The standard InChI is InChI=1S/C19H21NO3S/c1-12(2)8-9-14(4)17-16(21)18(19(20)22-17)23-24-11-15-7-5-6-13(3)10-15/h5-10,17H,1,4,11,20H2,2-3H3/b9-8-. The highest BCUT2D eigenvalue weighted by Crippen LogP contribution is 2.28. The van der Waals surface area contributed by atoms with Crippen molar-refractivity contribution < 1.29 is 13.7 Å². The highest BCUT2D eigenvalue weighted by atomic mass is 32.2. The molecule has 1 aliphatic rings. The molecule has 1 aromatic carbocycles. The molecule has 1 atom stereocenters. The van der Waals surface area contributed by atoms with Crippen molar-refractivity contribution in [1.29, 1.82) is 0 Å². The van der Waals surface area contributed by atoms with Gasteiger partial charge in [-0.3, -0.25) is 4.79 Å². The van der Waals surface area contributed by atoms with Crippen molar-refractivity contribution in [2.24, 2.45) is 5.73 Å². The van der Waals surface area contributed by atoms with E-state index in [1.807, 2.05) is 32.0 Å². The molecule has 1 aliphatic heterocycles. The van der Waals surface area contributed by atoms with Crippen LogP contribution in [0.25, 0.3) is 0 Å². The van der Waals surface area contributed by atoms with E-state index in [0.29, 0.717) is 11.3 Å². The van der Waals surface area contributed by atoms with Crippen molar-refractivity contribution in [1.82, 2.24) is 0 Å². The van der Waals surface area contributed by atoms with E-state index in [1.165, 1.54) is 5.56 Å². The van der Waals surface area contributed by atoms with Crippen LogP contribution in [-0.2, 0) is 19.5 Å². The number of allylic oxidation sites excluding steroid dienone is 2. The zero-order valence-corrected chi connectivity index (χ0v) is 14.7. The second-order valence-electron chi connectivity index (χ2n) is 5.64. The van der Waals surface area contributed by atoms with Gasteiger partial charge < -0.3 is 14.7 Å². The van der Waals surface area contributed by atoms with Crippen molar-refractivity contribution in [2.75, 3.05) is 0 Å². The molecule has 2 N–H and O–H groups in total. The van der Waals surface area contributed by atoms with E-state index in [1.54, 1.807) is 12.2 Å². The van der Waals surface area contributed by atoms with Crippen LogP contribution in [0.2, 0.25) is 0 Å². The molecule has 24 heavy (non-hydrogen) atoms. The molecule has 0 spiro atoms. The highest BCUT2D eigenvalue weighted by molar-refractivity contribution is 7.94. The van der Waals surface area contributed by atoms with Crippen LogP contribution in [-0.4, -0.2) is 11.9 Å². The fraction of sp³-hybridized carbons (Fsp3) is 0.211. The predicted molar refractivity (Wildman–Crippen MR) is 97.7 cm³/mol. The number of hydrogen-bond donors (Lipinski definition) is 1. The maximum absolute atomic E-state index is 12.4. The van der Waals surface area contributed by atoms with E-state index < -0.39 is 6.10 Å². The Hall–Kier alpha value is -2.40. The normalized spacial score (nSPS) is 17.2. The lowest BCUT2D eigenvalue weighted by atomic mass is 10.1. The van der Waals surface area contributed by atoms with E-state index in [0.717, 1.165) is 23.2 Å². The summed E-state index contributed by atoms with van der Waals surface area (Å²) in [7, 11) is 0. The average Bonchev–Trinajstić information content (AvgIpc) is 2.80. The van der Waals surface area contributed by atoms with Crippen molar-refractivity contribution in [3.05, 3.63) is 83.5 Å². The Morgan fingerprint density at radius 1 is 1.42 bits per heavy atom. The van der Waals surface area contributed by atoms with Gasteiger partial charge in [0.2, 0.25) is 17.4 Å². The summed E-state index contributed by atoms with van der Waals surface area (Å²) in [6.45, 7) is 11.5. The first-order valence-electron chi connectivity index (χ1n) is 7.46. The molecule has 0 amide bonds. The third-order valence-electron chi connectivity index (χ3n) is 3.30. The van der Waals surface area contributed by atoms with Gasteiger partial charge in [0.1, 0.15) is 0 Å². The van der Waals surface area contributed by atoms with Crippen molar-refractivity contribution in [3.8, 4) is 0 Å². The van der Waals surface area contributed by atoms with Crippen molar-refractivity contribution >= 4 is 17.8 Å². The molecule has 0 aliphatic carbocycles. The summed E-state index contributed by atoms with van der Waals surface area (Å²) >= 11 is 1.15. The molecule has 1 heterocycles. The maximum Gasteiger partial charge on any atom is 0.249 e. The van der Waals surface area contributed by atoms with Gasteiger partial charge in [-0.2, -0.15) is 0 Å².